The predicted octanol–water partition coefficient (Wildman–Crippen LogP) is 5.42. The first kappa shape index (κ1) is 26.8. The Bertz CT molecular complexity index is 1070. The number of nitrogens with zero attached hydrogens (tertiary/aromatic N) is 1. The topological polar surface area (TPSA) is 78.9 Å². The molecule has 1 aliphatic heterocycles. The number of benzene rings is 2. The number of nitrogens with one attached hydrogen (secondary N) is 1. The van der Waals surface area contributed by atoms with Crippen LogP contribution >= 0.6 is 0 Å². The van der Waals surface area contributed by atoms with Crippen LogP contribution in [0.4, 0.5) is 0 Å². The number of rotatable bonds is 5. The van der Waals surface area contributed by atoms with Crippen LogP contribution < -0.4 is 10.1 Å². The van der Waals surface area contributed by atoms with Gasteiger partial charge in [-0.25, -0.2) is 5.01 Å². The molecule has 0 aromatic heterocycles. The van der Waals surface area contributed by atoms with Crippen LogP contribution in [0.2, 0.25) is 6.32 Å². The maximum atomic E-state index is 13.8. The number of hydrogen-bond acceptors (Lipinski definition) is 4. The average molecular weight is 478 g/mol. The molecule has 0 saturated carbocycles. The first-order valence-electron chi connectivity index (χ1n) is 12.6. The maximum Gasteiger partial charge on any atom is 0.522 e. The SMILES string of the molecule is CCCC(N(NC(=O)c1ccc2c(c1C)OB(O)CCC2)C(=O)c1cc(C)cc(C)c1)C(C)(C)C. The summed E-state index contributed by atoms with van der Waals surface area (Å²) in [5.74, 6) is -0.0240. The summed E-state index contributed by atoms with van der Waals surface area (Å²) < 4.78 is 5.76. The Hall–Kier alpha value is -2.80. The third-order valence-corrected chi connectivity index (χ3v) is 6.67. The number of aryl methyl sites for hydroxylation is 3. The van der Waals surface area contributed by atoms with Crippen LogP contribution in [-0.2, 0) is 6.42 Å². The Morgan fingerprint density at radius 3 is 2.40 bits per heavy atom. The van der Waals surface area contributed by atoms with Gasteiger partial charge in [-0.15, -0.1) is 0 Å². The predicted molar refractivity (Wildman–Crippen MR) is 141 cm³/mol. The fourth-order valence-corrected chi connectivity index (χ4v) is 4.92. The van der Waals surface area contributed by atoms with Crippen molar-refractivity contribution in [2.75, 3.05) is 0 Å². The first-order valence-corrected chi connectivity index (χ1v) is 12.6. The molecule has 1 aliphatic rings. The molecule has 0 saturated heterocycles. The van der Waals surface area contributed by atoms with Crippen molar-refractivity contribution < 1.29 is 19.3 Å². The average Bonchev–Trinajstić information content (AvgIpc) is 2.95. The molecule has 3 rings (SSSR count). The van der Waals surface area contributed by atoms with Crippen molar-refractivity contribution in [3.63, 3.8) is 0 Å². The highest BCUT2D eigenvalue weighted by Crippen LogP contribution is 2.32. The number of carbonyl (C=O) groups excluding carboxylic acids is 2. The number of fused-ring (bicyclic) bond motifs is 1. The van der Waals surface area contributed by atoms with E-state index in [9.17, 15) is 14.6 Å². The van der Waals surface area contributed by atoms with Gasteiger partial charge < -0.3 is 9.68 Å². The number of amides is 2. The molecule has 0 radical (unpaired) electrons. The summed E-state index contributed by atoms with van der Waals surface area (Å²) in [5.41, 5.74) is 7.34. The van der Waals surface area contributed by atoms with E-state index in [1.54, 1.807) is 6.07 Å². The smallest absolute Gasteiger partial charge is 0.522 e. The summed E-state index contributed by atoms with van der Waals surface area (Å²) in [6.07, 6.45) is 3.78. The van der Waals surface area contributed by atoms with Crippen molar-refractivity contribution in [1.29, 1.82) is 0 Å². The molecular weight excluding hydrogens is 439 g/mol. The van der Waals surface area contributed by atoms with Gasteiger partial charge in [-0.2, -0.15) is 0 Å². The molecule has 1 atom stereocenters. The van der Waals surface area contributed by atoms with E-state index >= 15 is 0 Å². The molecule has 35 heavy (non-hydrogen) atoms. The lowest BCUT2D eigenvalue weighted by atomic mass is 9.83. The molecule has 1 unspecified atom stereocenters. The molecule has 0 bridgehead atoms. The molecule has 0 spiro atoms. The molecule has 188 valence electrons. The Balaban J connectivity index is 2.01. The van der Waals surface area contributed by atoms with Crippen LogP contribution in [-0.4, -0.2) is 35.0 Å². The van der Waals surface area contributed by atoms with Gasteiger partial charge in [0.05, 0.1) is 6.04 Å². The van der Waals surface area contributed by atoms with Crippen molar-refractivity contribution >= 4 is 18.9 Å². The van der Waals surface area contributed by atoms with E-state index in [-0.39, 0.29) is 23.3 Å². The van der Waals surface area contributed by atoms with Crippen LogP contribution in [0, 0.1) is 26.2 Å². The molecule has 2 aromatic rings. The van der Waals surface area contributed by atoms with Crippen LogP contribution in [0.25, 0.3) is 0 Å². The highest BCUT2D eigenvalue weighted by molar-refractivity contribution is 6.43. The molecule has 6 nitrogen and oxygen atoms in total. The van der Waals surface area contributed by atoms with Crippen molar-refractivity contribution in [2.45, 2.75) is 86.5 Å². The molecule has 7 heteroatoms. The number of hydrazine groups is 1. The third-order valence-electron chi connectivity index (χ3n) is 6.67. The van der Waals surface area contributed by atoms with Gasteiger partial charge in [-0.1, -0.05) is 57.4 Å². The number of hydrogen-bond donors (Lipinski definition) is 2. The fraction of sp³-hybridized carbons (Fsp3) is 0.500. The van der Waals surface area contributed by atoms with E-state index in [0.717, 1.165) is 42.4 Å². The minimum atomic E-state index is -0.884. The van der Waals surface area contributed by atoms with Gasteiger partial charge in [-0.3, -0.25) is 15.0 Å². The Kier molecular flexibility index (Phi) is 8.32. The van der Waals surface area contributed by atoms with Crippen LogP contribution in [0.1, 0.15) is 89.9 Å². The lowest BCUT2D eigenvalue weighted by Gasteiger charge is -2.40. The summed E-state index contributed by atoms with van der Waals surface area (Å²) in [4.78, 5) is 27.4. The summed E-state index contributed by atoms with van der Waals surface area (Å²) in [6, 6.07) is 9.23. The minimum absolute atomic E-state index is 0.205. The highest BCUT2D eigenvalue weighted by atomic mass is 16.5. The van der Waals surface area contributed by atoms with E-state index in [1.807, 2.05) is 45.0 Å². The lowest BCUT2D eigenvalue weighted by Crippen LogP contribution is -2.56. The van der Waals surface area contributed by atoms with Gasteiger partial charge in [0.2, 0.25) is 0 Å². The summed E-state index contributed by atoms with van der Waals surface area (Å²) >= 11 is 0. The normalized spacial score (nSPS) is 14.5. The minimum Gasteiger partial charge on any atom is -0.536 e. The van der Waals surface area contributed by atoms with Crippen molar-refractivity contribution in [3.8, 4) is 5.75 Å². The Labute approximate surface area is 210 Å². The second-order valence-electron chi connectivity index (χ2n) is 10.9. The van der Waals surface area contributed by atoms with Gasteiger partial charge in [0.25, 0.3) is 11.8 Å². The quantitative estimate of drug-likeness (QED) is 0.444. The van der Waals surface area contributed by atoms with Crippen molar-refractivity contribution in [1.82, 2.24) is 10.4 Å². The monoisotopic (exact) mass is 478 g/mol. The van der Waals surface area contributed by atoms with Crippen LogP contribution in [0.3, 0.4) is 0 Å². The summed E-state index contributed by atoms with van der Waals surface area (Å²) in [6.45, 7) is 14.1. The Morgan fingerprint density at radius 1 is 1.14 bits per heavy atom. The zero-order chi connectivity index (χ0) is 25.9. The standard InChI is InChI=1S/C28H39BN2O4/c1-8-10-24(28(5,6)7)31(27(33)22-16-18(2)15-19(3)17-22)30-26(32)23-13-12-21-11-9-14-29(34)35-25(21)20(23)4/h12-13,15-17,24,34H,8-11,14H2,1-7H3,(H,30,32). The molecular formula is C28H39BN2O4. The lowest BCUT2D eigenvalue weighted by molar-refractivity contribution is 0.0270. The van der Waals surface area contributed by atoms with Crippen molar-refractivity contribution in [2.24, 2.45) is 5.41 Å². The molecule has 1 heterocycles. The van der Waals surface area contributed by atoms with E-state index in [4.69, 9.17) is 4.65 Å². The van der Waals surface area contributed by atoms with Gasteiger partial charge >= 0.3 is 7.12 Å². The van der Waals surface area contributed by atoms with E-state index < -0.39 is 7.12 Å². The van der Waals surface area contributed by atoms with E-state index in [1.165, 1.54) is 5.01 Å². The third kappa shape index (κ3) is 6.26. The Morgan fingerprint density at radius 2 is 1.80 bits per heavy atom. The summed E-state index contributed by atoms with van der Waals surface area (Å²) in [5, 5.41) is 11.7. The van der Waals surface area contributed by atoms with Gasteiger partial charge in [0.1, 0.15) is 5.75 Å². The molecule has 2 N–H and O–H groups in total. The first-order chi connectivity index (χ1) is 16.4. The van der Waals surface area contributed by atoms with E-state index in [0.29, 0.717) is 28.8 Å². The second-order valence-corrected chi connectivity index (χ2v) is 10.9. The largest absolute Gasteiger partial charge is 0.536 e. The summed E-state index contributed by atoms with van der Waals surface area (Å²) in [7, 11) is -0.884. The van der Waals surface area contributed by atoms with Crippen LogP contribution in [0.5, 0.6) is 5.75 Å². The van der Waals surface area contributed by atoms with Gasteiger partial charge in [0.15, 0.2) is 0 Å². The van der Waals surface area contributed by atoms with Gasteiger partial charge in [0, 0.05) is 16.7 Å². The maximum absolute atomic E-state index is 13.8. The molecule has 2 amide bonds. The fourth-order valence-electron chi connectivity index (χ4n) is 4.92. The molecule has 0 fully saturated rings. The molecule has 0 aliphatic carbocycles. The zero-order valence-corrected chi connectivity index (χ0v) is 22.2. The van der Waals surface area contributed by atoms with Gasteiger partial charge in [-0.05, 0) is 75.5 Å². The van der Waals surface area contributed by atoms with E-state index in [2.05, 4.69) is 33.1 Å². The second kappa shape index (κ2) is 10.9. The van der Waals surface area contributed by atoms with Crippen molar-refractivity contribution in [3.05, 3.63) is 63.7 Å². The van der Waals surface area contributed by atoms with Crippen LogP contribution in [0.15, 0.2) is 30.3 Å². The number of carbonyl (C=O) groups is 2. The molecule has 2 aromatic carbocycles. The zero-order valence-electron chi connectivity index (χ0n) is 22.2. The highest BCUT2D eigenvalue weighted by Gasteiger charge is 2.35.